The van der Waals surface area contributed by atoms with Crippen molar-refractivity contribution in [1.29, 1.82) is 0 Å². The van der Waals surface area contributed by atoms with Crippen LogP contribution in [-0.2, 0) is 11.8 Å². The van der Waals surface area contributed by atoms with Crippen LogP contribution in [0.4, 0.5) is 0 Å². The Morgan fingerprint density at radius 1 is 1.15 bits per heavy atom. The van der Waals surface area contributed by atoms with Gasteiger partial charge >= 0.3 is 0 Å². The number of rotatable bonds is 6. The maximum absolute atomic E-state index is 13.2. The number of amides is 1. The second-order valence-corrected chi connectivity index (χ2v) is 8.95. The number of nitrogens with zero attached hydrogens (tertiary/aromatic N) is 5. The highest BCUT2D eigenvalue weighted by Crippen LogP contribution is 2.34. The van der Waals surface area contributed by atoms with Crippen molar-refractivity contribution in [2.75, 3.05) is 5.75 Å². The molecule has 0 N–H and O–H groups in total. The lowest BCUT2D eigenvalue weighted by atomic mass is 10.0. The van der Waals surface area contributed by atoms with Gasteiger partial charge in [0.1, 0.15) is 17.6 Å². The Morgan fingerprint density at radius 3 is 2.67 bits per heavy atom. The monoisotopic (exact) mass is 481 g/mol. The minimum Gasteiger partial charge on any atom is -0.469 e. The van der Waals surface area contributed by atoms with Crippen LogP contribution in [0.5, 0.6) is 0 Å². The molecule has 33 heavy (non-hydrogen) atoms. The number of furan rings is 2. The molecule has 1 aromatic carbocycles. The number of hydrogen-bond donors (Lipinski definition) is 0. The van der Waals surface area contributed by atoms with Crippen molar-refractivity contribution in [3.05, 3.63) is 77.1 Å². The number of aromatic nitrogens is 3. The van der Waals surface area contributed by atoms with Gasteiger partial charge in [0.2, 0.25) is 0 Å². The van der Waals surface area contributed by atoms with Gasteiger partial charge < -0.3 is 13.4 Å². The average Bonchev–Trinajstić information content (AvgIpc) is 3.60. The number of hydrazone groups is 1. The Kier molecular flexibility index (Phi) is 5.82. The van der Waals surface area contributed by atoms with Crippen molar-refractivity contribution in [3.8, 4) is 11.4 Å². The van der Waals surface area contributed by atoms with E-state index >= 15 is 0 Å². The summed E-state index contributed by atoms with van der Waals surface area (Å²) in [5.41, 5.74) is 2.60. The smallest absolute Gasteiger partial charge is 0.253 e. The van der Waals surface area contributed by atoms with Gasteiger partial charge in [-0.1, -0.05) is 35.5 Å². The van der Waals surface area contributed by atoms with Crippen molar-refractivity contribution in [2.45, 2.75) is 24.5 Å². The summed E-state index contributed by atoms with van der Waals surface area (Å²) in [5.74, 6) is 2.16. The Balaban J connectivity index is 1.35. The molecule has 168 valence electrons. The highest BCUT2D eigenvalue weighted by atomic mass is 35.5. The molecule has 0 fully saturated rings. The molecular formula is C23H20ClN5O3S. The van der Waals surface area contributed by atoms with Crippen LogP contribution in [0.3, 0.4) is 0 Å². The number of hydrogen-bond acceptors (Lipinski definition) is 7. The summed E-state index contributed by atoms with van der Waals surface area (Å²) in [4.78, 5) is 13.2. The van der Waals surface area contributed by atoms with Crippen molar-refractivity contribution < 1.29 is 13.6 Å². The van der Waals surface area contributed by atoms with Gasteiger partial charge in [0.05, 0.1) is 29.6 Å². The molecule has 0 bridgehead atoms. The van der Waals surface area contributed by atoms with Crippen LogP contribution in [0.1, 0.15) is 29.5 Å². The summed E-state index contributed by atoms with van der Waals surface area (Å²) in [5, 5.41) is 15.9. The van der Waals surface area contributed by atoms with Gasteiger partial charge in [-0.3, -0.25) is 4.79 Å². The van der Waals surface area contributed by atoms with E-state index in [1.807, 2.05) is 61.0 Å². The third-order valence-electron chi connectivity index (χ3n) is 5.47. The molecule has 0 saturated heterocycles. The summed E-state index contributed by atoms with van der Waals surface area (Å²) < 4.78 is 12.8. The molecule has 1 atom stereocenters. The van der Waals surface area contributed by atoms with E-state index in [1.54, 1.807) is 12.5 Å². The van der Waals surface area contributed by atoms with E-state index in [2.05, 4.69) is 15.3 Å². The molecule has 0 aliphatic carbocycles. The molecule has 0 saturated carbocycles. The quantitative estimate of drug-likeness (QED) is 0.356. The van der Waals surface area contributed by atoms with Crippen LogP contribution in [0.2, 0.25) is 5.02 Å². The van der Waals surface area contributed by atoms with Gasteiger partial charge in [-0.15, -0.1) is 10.2 Å². The van der Waals surface area contributed by atoms with Crippen LogP contribution in [0.15, 0.2) is 74.1 Å². The van der Waals surface area contributed by atoms with Crippen LogP contribution < -0.4 is 0 Å². The van der Waals surface area contributed by atoms with Gasteiger partial charge in [-0.2, -0.15) is 5.10 Å². The van der Waals surface area contributed by atoms with E-state index in [1.165, 1.54) is 16.8 Å². The minimum absolute atomic E-state index is 0.144. The summed E-state index contributed by atoms with van der Waals surface area (Å²) >= 11 is 7.34. The molecule has 4 heterocycles. The number of aryl methyl sites for hydroxylation is 1. The average molecular weight is 482 g/mol. The molecular weight excluding hydrogens is 462 g/mol. The first-order chi connectivity index (χ1) is 16.0. The molecule has 0 spiro atoms. The number of carbonyl (C=O) groups is 1. The Morgan fingerprint density at radius 2 is 1.97 bits per heavy atom. The van der Waals surface area contributed by atoms with Crippen LogP contribution in [0.25, 0.3) is 11.4 Å². The molecule has 8 nitrogen and oxygen atoms in total. The predicted molar refractivity (Wildman–Crippen MR) is 125 cm³/mol. The summed E-state index contributed by atoms with van der Waals surface area (Å²) in [6.45, 7) is 1.87. The van der Waals surface area contributed by atoms with E-state index < -0.39 is 0 Å². The zero-order valence-corrected chi connectivity index (χ0v) is 19.5. The van der Waals surface area contributed by atoms with Crippen molar-refractivity contribution in [3.63, 3.8) is 0 Å². The molecule has 5 rings (SSSR count). The van der Waals surface area contributed by atoms with Crippen molar-refractivity contribution in [2.24, 2.45) is 12.1 Å². The molecule has 1 amide bonds. The Hall–Kier alpha value is -3.30. The summed E-state index contributed by atoms with van der Waals surface area (Å²) in [6, 6.07) is 12.7. The normalized spacial score (nSPS) is 15.8. The second-order valence-electron chi connectivity index (χ2n) is 7.57. The first-order valence-electron chi connectivity index (χ1n) is 10.3. The van der Waals surface area contributed by atoms with E-state index in [4.69, 9.17) is 20.4 Å². The molecule has 0 radical (unpaired) electrons. The maximum atomic E-state index is 13.2. The highest BCUT2D eigenvalue weighted by Gasteiger charge is 2.35. The highest BCUT2D eigenvalue weighted by molar-refractivity contribution is 7.99. The molecule has 10 heteroatoms. The number of halogens is 1. The fourth-order valence-corrected chi connectivity index (χ4v) is 4.63. The lowest BCUT2D eigenvalue weighted by molar-refractivity contribution is -0.130. The fourth-order valence-electron chi connectivity index (χ4n) is 3.74. The van der Waals surface area contributed by atoms with E-state index in [9.17, 15) is 4.79 Å². The molecule has 3 aromatic heterocycles. The van der Waals surface area contributed by atoms with Gasteiger partial charge in [-0.05, 0) is 42.8 Å². The van der Waals surface area contributed by atoms with Crippen molar-refractivity contribution >= 4 is 35.0 Å². The van der Waals surface area contributed by atoms with Gasteiger partial charge in [-0.25, -0.2) is 5.01 Å². The lowest BCUT2D eigenvalue weighted by Crippen LogP contribution is -2.28. The zero-order valence-electron chi connectivity index (χ0n) is 17.9. The molecule has 1 aliphatic rings. The van der Waals surface area contributed by atoms with Gasteiger partial charge in [0, 0.05) is 18.5 Å². The summed E-state index contributed by atoms with van der Waals surface area (Å²) in [6.07, 6.45) is 3.78. The topological polar surface area (TPSA) is 89.7 Å². The van der Waals surface area contributed by atoms with Crippen molar-refractivity contribution in [1.82, 2.24) is 19.8 Å². The maximum Gasteiger partial charge on any atom is 0.253 e. The first kappa shape index (κ1) is 21.5. The second kappa shape index (κ2) is 8.92. The largest absolute Gasteiger partial charge is 0.469 e. The third kappa shape index (κ3) is 4.21. The molecule has 4 aromatic rings. The fraction of sp³-hybridized carbons (Fsp3) is 0.217. The number of thioether (sulfide) groups is 1. The predicted octanol–water partition coefficient (Wildman–Crippen LogP) is 5.10. The Bertz CT molecular complexity index is 1310. The molecule has 1 unspecified atom stereocenters. The summed E-state index contributed by atoms with van der Waals surface area (Å²) in [7, 11) is 1.87. The van der Waals surface area contributed by atoms with E-state index in [0.29, 0.717) is 28.2 Å². The third-order valence-corrected chi connectivity index (χ3v) is 6.73. The van der Waals surface area contributed by atoms with Gasteiger partial charge in [0.15, 0.2) is 11.0 Å². The van der Waals surface area contributed by atoms with E-state index in [-0.39, 0.29) is 17.7 Å². The minimum atomic E-state index is -0.303. The zero-order chi connectivity index (χ0) is 22.9. The SMILES string of the molecule is Cc1occc1-c1nnc(SCC(=O)N2N=C(c3ccc(Cl)cc3)CC2c2ccco2)n1C. The first-order valence-corrected chi connectivity index (χ1v) is 11.6. The lowest BCUT2D eigenvalue weighted by Gasteiger charge is -2.19. The van der Waals surface area contributed by atoms with Crippen LogP contribution >= 0.6 is 23.4 Å². The van der Waals surface area contributed by atoms with Crippen LogP contribution in [0, 0.1) is 6.92 Å². The molecule has 1 aliphatic heterocycles. The standard InChI is InChI=1S/C23H20ClN5O3S/c1-14-17(9-11-31-14)22-25-26-23(28(22)2)33-13-21(30)29-19(20-4-3-10-32-20)12-18(27-29)15-5-7-16(24)8-6-15/h3-11,19H,12-13H2,1-2H3. The van der Waals surface area contributed by atoms with Gasteiger partial charge in [0.25, 0.3) is 5.91 Å². The number of benzene rings is 1. The van der Waals surface area contributed by atoms with E-state index in [0.717, 1.165) is 22.6 Å². The number of carbonyl (C=O) groups excluding carboxylic acids is 1. The van der Waals surface area contributed by atoms with Crippen LogP contribution in [-0.4, -0.2) is 37.1 Å². The Labute approximate surface area is 199 Å².